The minimum Gasteiger partial charge on any atom is -0.326 e. The molecule has 2 aromatic rings. The summed E-state index contributed by atoms with van der Waals surface area (Å²) < 4.78 is 0. The summed E-state index contributed by atoms with van der Waals surface area (Å²) in [5, 5.41) is 11.6. The minimum atomic E-state index is -0.0843. The van der Waals surface area contributed by atoms with E-state index in [4.69, 9.17) is 11.6 Å². The zero-order chi connectivity index (χ0) is 13.0. The molecule has 0 fully saturated rings. The second kappa shape index (κ2) is 5.84. The molecule has 0 unspecified atom stereocenters. The van der Waals surface area contributed by atoms with E-state index in [0.29, 0.717) is 5.15 Å². The van der Waals surface area contributed by atoms with Crippen molar-refractivity contribution >= 4 is 35.0 Å². The molecule has 0 aliphatic carbocycles. The number of benzene rings is 1. The summed E-state index contributed by atoms with van der Waals surface area (Å²) in [5.41, 5.74) is 0.772. The van der Waals surface area contributed by atoms with E-state index in [1.807, 2.05) is 30.3 Å². The largest absolute Gasteiger partial charge is 0.326 e. The molecule has 0 radical (unpaired) electrons. The standard InChI is InChI=1S/C12H10ClN3OS/c1-8(17)14-9-2-4-10(5-3-9)18-12-7-6-11(13)15-16-12/h2-7H,1H3,(H,14,17). The van der Waals surface area contributed by atoms with Gasteiger partial charge in [0.05, 0.1) is 0 Å². The van der Waals surface area contributed by atoms with Crippen LogP contribution < -0.4 is 5.32 Å². The normalized spacial score (nSPS) is 10.1. The number of rotatable bonds is 3. The molecule has 0 aliphatic rings. The molecule has 6 heteroatoms. The van der Waals surface area contributed by atoms with E-state index in [1.54, 1.807) is 6.07 Å². The Labute approximate surface area is 114 Å². The molecule has 1 aromatic carbocycles. The number of carbonyl (C=O) groups is 1. The van der Waals surface area contributed by atoms with Gasteiger partial charge in [0.15, 0.2) is 5.15 Å². The van der Waals surface area contributed by atoms with E-state index in [0.717, 1.165) is 15.6 Å². The van der Waals surface area contributed by atoms with E-state index in [1.165, 1.54) is 18.7 Å². The molecule has 18 heavy (non-hydrogen) atoms. The van der Waals surface area contributed by atoms with Crippen LogP contribution in [0.1, 0.15) is 6.92 Å². The molecule has 0 bridgehead atoms. The Hall–Kier alpha value is -1.59. The molecule has 0 saturated heterocycles. The average Bonchev–Trinajstić information content (AvgIpc) is 2.34. The van der Waals surface area contributed by atoms with Crippen molar-refractivity contribution in [3.63, 3.8) is 0 Å². The molecule has 0 atom stereocenters. The third kappa shape index (κ3) is 3.72. The maximum absolute atomic E-state index is 10.9. The summed E-state index contributed by atoms with van der Waals surface area (Å²) in [6.45, 7) is 1.48. The predicted octanol–water partition coefficient (Wildman–Crippen LogP) is 3.24. The van der Waals surface area contributed by atoms with Gasteiger partial charge in [0.25, 0.3) is 0 Å². The topological polar surface area (TPSA) is 54.9 Å². The van der Waals surface area contributed by atoms with Crippen molar-refractivity contribution in [2.24, 2.45) is 0 Å². The van der Waals surface area contributed by atoms with E-state index in [9.17, 15) is 4.79 Å². The van der Waals surface area contributed by atoms with Crippen molar-refractivity contribution in [3.05, 3.63) is 41.6 Å². The van der Waals surface area contributed by atoms with Crippen LogP contribution in [0, 0.1) is 0 Å². The van der Waals surface area contributed by atoms with Crippen molar-refractivity contribution in [1.29, 1.82) is 0 Å². The number of carbonyl (C=O) groups excluding carboxylic acids is 1. The van der Waals surface area contributed by atoms with Gasteiger partial charge in [-0.05, 0) is 36.4 Å². The first-order valence-corrected chi connectivity index (χ1v) is 6.38. The molecule has 1 aromatic heterocycles. The van der Waals surface area contributed by atoms with Gasteiger partial charge in [0.2, 0.25) is 5.91 Å². The monoisotopic (exact) mass is 279 g/mol. The van der Waals surface area contributed by atoms with Crippen LogP contribution in [-0.2, 0) is 4.79 Å². The summed E-state index contributed by atoms with van der Waals surface area (Å²) in [7, 11) is 0. The molecule has 1 amide bonds. The maximum Gasteiger partial charge on any atom is 0.221 e. The van der Waals surface area contributed by atoms with Gasteiger partial charge in [-0.2, -0.15) is 0 Å². The van der Waals surface area contributed by atoms with Gasteiger partial charge < -0.3 is 5.32 Å². The van der Waals surface area contributed by atoms with E-state index in [-0.39, 0.29) is 5.91 Å². The third-order valence-electron chi connectivity index (χ3n) is 2.00. The molecule has 1 heterocycles. The fraction of sp³-hybridized carbons (Fsp3) is 0.0833. The van der Waals surface area contributed by atoms with Crippen molar-refractivity contribution in [2.75, 3.05) is 5.32 Å². The van der Waals surface area contributed by atoms with Gasteiger partial charge in [-0.1, -0.05) is 23.4 Å². The van der Waals surface area contributed by atoms with Crippen LogP contribution in [0.3, 0.4) is 0 Å². The molecule has 2 rings (SSSR count). The van der Waals surface area contributed by atoms with Gasteiger partial charge in [-0.15, -0.1) is 10.2 Å². The zero-order valence-electron chi connectivity index (χ0n) is 9.55. The molecule has 0 aliphatic heterocycles. The molecule has 0 spiro atoms. The first-order chi connectivity index (χ1) is 8.63. The lowest BCUT2D eigenvalue weighted by atomic mass is 10.3. The Bertz CT molecular complexity index is 542. The van der Waals surface area contributed by atoms with Gasteiger partial charge in [-0.3, -0.25) is 4.79 Å². The van der Waals surface area contributed by atoms with E-state index in [2.05, 4.69) is 15.5 Å². The van der Waals surface area contributed by atoms with Gasteiger partial charge >= 0.3 is 0 Å². The van der Waals surface area contributed by atoms with E-state index >= 15 is 0 Å². The number of nitrogens with one attached hydrogen (secondary N) is 1. The third-order valence-corrected chi connectivity index (χ3v) is 3.14. The smallest absolute Gasteiger partial charge is 0.221 e. The quantitative estimate of drug-likeness (QED) is 0.937. The summed E-state index contributed by atoms with van der Waals surface area (Å²) in [4.78, 5) is 11.9. The Balaban J connectivity index is 2.06. The van der Waals surface area contributed by atoms with Gasteiger partial charge in [0, 0.05) is 17.5 Å². The highest BCUT2D eigenvalue weighted by molar-refractivity contribution is 7.99. The highest BCUT2D eigenvalue weighted by atomic mass is 35.5. The van der Waals surface area contributed by atoms with E-state index < -0.39 is 0 Å². The van der Waals surface area contributed by atoms with Gasteiger partial charge in [-0.25, -0.2) is 0 Å². The second-order valence-electron chi connectivity index (χ2n) is 3.50. The first-order valence-electron chi connectivity index (χ1n) is 5.18. The Morgan fingerprint density at radius 1 is 1.17 bits per heavy atom. The second-order valence-corrected chi connectivity index (χ2v) is 4.98. The predicted molar refractivity (Wildman–Crippen MR) is 71.9 cm³/mol. The van der Waals surface area contributed by atoms with Gasteiger partial charge in [0.1, 0.15) is 5.03 Å². The van der Waals surface area contributed by atoms with Crippen LogP contribution in [0.5, 0.6) is 0 Å². The molecule has 1 N–H and O–H groups in total. The highest BCUT2D eigenvalue weighted by Gasteiger charge is 2.01. The summed E-state index contributed by atoms with van der Waals surface area (Å²) in [6.07, 6.45) is 0. The lowest BCUT2D eigenvalue weighted by Crippen LogP contribution is -2.05. The molecule has 4 nitrogen and oxygen atoms in total. The van der Waals surface area contributed by atoms with Crippen LogP contribution in [0.4, 0.5) is 5.69 Å². The minimum absolute atomic E-state index is 0.0843. The van der Waals surface area contributed by atoms with Crippen molar-refractivity contribution < 1.29 is 4.79 Å². The summed E-state index contributed by atoms with van der Waals surface area (Å²) >= 11 is 7.14. The Kier molecular flexibility index (Phi) is 4.17. The van der Waals surface area contributed by atoms with Crippen LogP contribution in [0.15, 0.2) is 46.3 Å². The van der Waals surface area contributed by atoms with Crippen LogP contribution >= 0.6 is 23.4 Å². The van der Waals surface area contributed by atoms with Crippen molar-refractivity contribution in [2.45, 2.75) is 16.8 Å². The number of aromatic nitrogens is 2. The summed E-state index contributed by atoms with van der Waals surface area (Å²) in [6, 6.07) is 11.0. The Morgan fingerprint density at radius 3 is 2.44 bits per heavy atom. The highest BCUT2D eigenvalue weighted by Crippen LogP contribution is 2.26. The lowest BCUT2D eigenvalue weighted by Gasteiger charge is -2.03. The van der Waals surface area contributed by atoms with Crippen molar-refractivity contribution in [3.8, 4) is 0 Å². The number of halogens is 1. The van der Waals surface area contributed by atoms with Crippen molar-refractivity contribution in [1.82, 2.24) is 10.2 Å². The fourth-order valence-electron chi connectivity index (χ4n) is 1.29. The maximum atomic E-state index is 10.9. The molecular formula is C12H10ClN3OS. The number of anilines is 1. The Morgan fingerprint density at radius 2 is 1.89 bits per heavy atom. The zero-order valence-corrected chi connectivity index (χ0v) is 11.1. The number of hydrogen-bond acceptors (Lipinski definition) is 4. The summed E-state index contributed by atoms with van der Waals surface area (Å²) in [5.74, 6) is -0.0843. The average molecular weight is 280 g/mol. The number of amides is 1. The molecular weight excluding hydrogens is 270 g/mol. The van der Waals surface area contributed by atoms with Crippen LogP contribution in [0.25, 0.3) is 0 Å². The molecule has 0 saturated carbocycles. The SMILES string of the molecule is CC(=O)Nc1ccc(Sc2ccc(Cl)nn2)cc1. The number of hydrogen-bond donors (Lipinski definition) is 1. The molecule has 92 valence electrons. The fourth-order valence-corrected chi connectivity index (χ4v) is 2.12. The first kappa shape index (κ1) is 12.9. The lowest BCUT2D eigenvalue weighted by molar-refractivity contribution is -0.114. The van der Waals surface area contributed by atoms with Crippen LogP contribution in [0.2, 0.25) is 5.15 Å². The number of nitrogens with zero attached hydrogens (tertiary/aromatic N) is 2. The van der Waals surface area contributed by atoms with Crippen LogP contribution in [-0.4, -0.2) is 16.1 Å².